The summed E-state index contributed by atoms with van der Waals surface area (Å²) in [6.45, 7) is 8.52. The molecule has 0 aliphatic heterocycles. The molecule has 0 fully saturated rings. The van der Waals surface area contributed by atoms with Gasteiger partial charge in [0.25, 0.3) is 0 Å². The zero-order valence-electron chi connectivity index (χ0n) is 11.0. The van der Waals surface area contributed by atoms with Crippen LogP contribution in [-0.2, 0) is 0 Å². The Morgan fingerprint density at radius 1 is 1.53 bits per heavy atom. The van der Waals surface area contributed by atoms with Crippen LogP contribution in [0.1, 0.15) is 37.9 Å². The molecule has 0 amide bonds. The van der Waals surface area contributed by atoms with E-state index in [9.17, 15) is 0 Å². The predicted molar refractivity (Wildman–Crippen MR) is 78.8 cm³/mol. The highest BCUT2D eigenvalue weighted by Gasteiger charge is 2.04. The van der Waals surface area contributed by atoms with Crippen molar-refractivity contribution in [2.24, 2.45) is 5.92 Å². The SMILES string of the molecule is C/C(=C/C[C@H](C)/C(C)=C/c1csc(C)n1)CCl. The summed E-state index contributed by atoms with van der Waals surface area (Å²) >= 11 is 7.45. The standard InChI is InChI=1S/C14H20ClNS/c1-10(8-15)5-6-11(2)12(3)7-14-9-17-13(4)16-14/h5,7,9,11H,6,8H2,1-4H3/b10-5-,12-7+/t11-/m0/s1. The van der Waals surface area contributed by atoms with E-state index in [-0.39, 0.29) is 0 Å². The van der Waals surface area contributed by atoms with Crippen molar-refractivity contribution in [2.75, 3.05) is 5.88 Å². The maximum Gasteiger partial charge on any atom is 0.0901 e. The molecule has 0 radical (unpaired) electrons. The van der Waals surface area contributed by atoms with Gasteiger partial charge in [-0.1, -0.05) is 24.1 Å². The van der Waals surface area contributed by atoms with Crippen LogP contribution in [0, 0.1) is 12.8 Å². The van der Waals surface area contributed by atoms with Crippen LogP contribution in [0.15, 0.2) is 22.6 Å². The first kappa shape index (κ1) is 14.5. The zero-order valence-corrected chi connectivity index (χ0v) is 12.5. The number of thiazole rings is 1. The fraction of sp³-hybridized carbons (Fsp3) is 0.500. The number of hydrogen-bond acceptors (Lipinski definition) is 2. The molecule has 0 spiro atoms. The minimum atomic E-state index is 0.537. The Balaban J connectivity index is 2.63. The van der Waals surface area contributed by atoms with E-state index in [1.54, 1.807) is 11.3 Å². The molecule has 0 unspecified atom stereocenters. The summed E-state index contributed by atoms with van der Waals surface area (Å²) in [7, 11) is 0. The van der Waals surface area contributed by atoms with Crippen molar-refractivity contribution < 1.29 is 0 Å². The number of rotatable bonds is 5. The van der Waals surface area contributed by atoms with Crippen LogP contribution < -0.4 is 0 Å². The van der Waals surface area contributed by atoms with Crippen LogP contribution in [0.3, 0.4) is 0 Å². The second kappa shape index (κ2) is 6.97. The number of aryl methyl sites for hydroxylation is 1. The molecule has 94 valence electrons. The highest BCUT2D eigenvalue weighted by molar-refractivity contribution is 7.09. The van der Waals surface area contributed by atoms with Gasteiger partial charge in [0.15, 0.2) is 0 Å². The van der Waals surface area contributed by atoms with Gasteiger partial charge >= 0.3 is 0 Å². The average Bonchev–Trinajstić information content (AvgIpc) is 2.70. The van der Waals surface area contributed by atoms with E-state index < -0.39 is 0 Å². The van der Waals surface area contributed by atoms with E-state index in [0.29, 0.717) is 11.8 Å². The molecule has 0 aromatic carbocycles. The molecule has 3 heteroatoms. The molecule has 17 heavy (non-hydrogen) atoms. The largest absolute Gasteiger partial charge is 0.242 e. The molecule has 0 bridgehead atoms. The van der Waals surface area contributed by atoms with E-state index >= 15 is 0 Å². The summed E-state index contributed by atoms with van der Waals surface area (Å²) in [5.41, 5.74) is 3.69. The van der Waals surface area contributed by atoms with Crippen LogP contribution in [0.5, 0.6) is 0 Å². The molecule has 1 aromatic heterocycles. The molecule has 0 N–H and O–H groups in total. The Morgan fingerprint density at radius 3 is 2.76 bits per heavy atom. The third kappa shape index (κ3) is 5.05. The Bertz CT molecular complexity index is 418. The predicted octanol–water partition coefficient (Wildman–Crippen LogP) is 5.07. The third-order valence-electron chi connectivity index (χ3n) is 2.82. The molecule has 1 aromatic rings. The number of allylic oxidation sites excluding steroid dienone is 3. The van der Waals surface area contributed by atoms with E-state index in [1.807, 2.05) is 6.92 Å². The van der Waals surface area contributed by atoms with E-state index in [2.05, 4.69) is 43.3 Å². The summed E-state index contributed by atoms with van der Waals surface area (Å²) in [5.74, 6) is 1.16. The van der Waals surface area contributed by atoms with Crippen molar-refractivity contribution >= 4 is 29.0 Å². The van der Waals surface area contributed by atoms with Crippen molar-refractivity contribution in [1.82, 2.24) is 4.98 Å². The van der Waals surface area contributed by atoms with Gasteiger partial charge in [0.2, 0.25) is 0 Å². The number of nitrogens with zero attached hydrogens (tertiary/aromatic N) is 1. The topological polar surface area (TPSA) is 12.9 Å². The van der Waals surface area contributed by atoms with Crippen molar-refractivity contribution in [1.29, 1.82) is 0 Å². The summed E-state index contributed by atoms with van der Waals surface area (Å²) in [5, 5.41) is 3.22. The van der Waals surface area contributed by atoms with Crippen LogP contribution in [0.25, 0.3) is 6.08 Å². The van der Waals surface area contributed by atoms with E-state index in [0.717, 1.165) is 17.1 Å². The highest BCUT2D eigenvalue weighted by Crippen LogP contribution is 2.20. The molecule has 0 saturated carbocycles. The second-order valence-corrected chi connectivity index (χ2v) is 5.83. The Labute approximate surface area is 113 Å². The lowest BCUT2D eigenvalue weighted by Crippen LogP contribution is -1.95. The van der Waals surface area contributed by atoms with Gasteiger partial charge in [-0.25, -0.2) is 4.98 Å². The minimum absolute atomic E-state index is 0.537. The van der Waals surface area contributed by atoms with Gasteiger partial charge in [-0.15, -0.1) is 22.9 Å². The lowest BCUT2D eigenvalue weighted by molar-refractivity contribution is 0.697. The summed E-state index contributed by atoms with van der Waals surface area (Å²) in [6.07, 6.45) is 5.45. The average molecular weight is 270 g/mol. The smallest absolute Gasteiger partial charge is 0.0901 e. The zero-order chi connectivity index (χ0) is 12.8. The van der Waals surface area contributed by atoms with Crippen molar-refractivity contribution in [3.63, 3.8) is 0 Å². The monoisotopic (exact) mass is 269 g/mol. The van der Waals surface area contributed by atoms with Crippen molar-refractivity contribution in [3.8, 4) is 0 Å². The molecule has 1 nitrogen and oxygen atoms in total. The number of halogens is 1. The van der Waals surface area contributed by atoms with Crippen LogP contribution >= 0.6 is 22.9 Å². The molecular weight excluding hydrogens is 250 g/mol. The Morgan fingerprint density at radius 2 is 2.24 bits per heavy atom. The third-order valence-corrected chi connectivity index (χ3v) is 4.03. The van der Waals surface area contributed by atoms with Crippen LogP contribution in [0.2, 0.25) is 0 Å². The van der Waals surface area contributed by atoms with Gasteiger partial charge in [-0.3, -0.25) is 0 Å². The maximum atomic E-state index is 5.76. The number of aromatic nitrogens is 1. The Kier molecular flexibility index (Phi) is 5.93. The molecule has 1 rings (SSSR count). The first-order valence-electron chi connectivity index (χ1n) is 5.85. The van der Waals surface area contributed by atoms with Crippen molar-refractivity contribution in [2.45, 2.75) is 34.1 Å². The highest BCUT2D eigenvalue weighted by atomic mass is 35.5. The molecule has 1 heterocycles. The van der Waals surface area contributed by atoms with E-state index in [4.69, 9.17) is 11.6 Å². The van der Waals surface area contributed by atoms with Crippen LogP contribution in [0.4, 0.5) is 0 Å². The molecule has 0 saturated heterocycles. The van der Waals surface area contributed by atoms with Gasteiger partial charge in [0.05, 0.1) is 10.7 Å². The normalized spacial score (nSPS) is 15.1. The lowest BCUT2D eigenvalue weighted by atomic mass is 9.97. The first-order chi connectivity index (χ1) is 8.02. The number of hydrogen-bond donors (Lipinski definition) is 0. The van der Waals surface area contributed by atoms with Gasteiger partial charge in [0.1, 0.15) is 0 Å². The molecular formula is C14H20ClNS. The molecule has 1 atom stereocenters. The lowest BCUT2D eigenvalue weighted by Gasteiger charge is -2.09. The molecule has 0 aliphatic rings. The quantitative estimate of drug-likeness (QED) is 0.537. The van der Waals surface area contributed by atoms with Crippen molar-refractivity contribution in [3.05, 3.63) is 33.3 Å². The Hall–Kier alpha value is -0.600. The molecule has 0 aliphatic carbocycles. The summed E-state index contributed by atoms with van der Waals surface area (Å²) < 4.78 is 0. The second-order valence-electron chi connectivity index (χ2n) is 4.50. The minimum Gasteiger partial charge on any atom is -0.242 e. The number of alkyl halides is 1. The fourth-order valence-electron chi connectivity index (χ4n) is 1.44. The van der Waals surface area contributed by atoms with Gasteiger partial charge in [0, 0.05) is 11.3 Å². The summed E-state index contributed by atoms with van der Waals surface area (Å²) in [4.78, 5) is 4.45. The van der Waals surface area contributed by atoms with E-state index in [1.165, 1.54) is 11.1 Å². The van der Waals surface area contributed by atoms with Gasteiger partial charge in [-0.2, -0.15) is 0 Å². The first-order valence-corrected chi connectivity index (χ1v) is 7.26. The summed E-state index contributed by atoms with van der Waals surface area (Å²) in [6, 6.07) is 0. The fourth-order valence-corrected chi connectivity index (χ4v) is 2.12. The van der Waals surface area contributed by atoms with Gasteiger partial charge < -0.3 is 0 Å². The van der Waals surface area contributed by atoms with Crippen LogP contribution in [-0.4, -0.2) is 10.9 Å². The van der Waals surface area contributed by atoms with Gasteiger partial charge in [-0.05, 0) is 39.2 Å². The maximum absolute atomic E-state index is 5.76.